The number of fused-ring (bicyclic) bond motifs is 3. The molecular formula is C53H72N4O8Si. The van der Waals surface area contributed by atoms with Gasteiger partial charge in [0.25, 0.3) is 5.91 Å². The predicted molar refractivity (Wildman–Crippen MR) is 264 cm³/mol. The van der Waals surface area contributed by atoms with Gasteiger partial charge in [0.15, 0.2) is 5.60 Å². The molecule has 0 aromatic heterocycles. The third kappa shape index (κ3) is 9.65. The number of benzene rings is 3. The van der Waals surface area contributed by atoms with Crippen LogP contribution in [0.5, 0.6) is 11.5 Å². The molecule has 1 unspecified atom stereocenters. The van der Waals surface area contributed by atoms with E-state index in [1.165, 1.54) is 16.3 Å². The molecule has 4 heterocycles. The van der Waals surface area contributed by atoms with Gasteiger partial charge in [-0.05, 0) is 139 Å². The topological polar surface area (TPSA) is 141 Å². The van der Waals surface area contributed by atoms with Gasteiger partial charge in [0.05, 0.1) is 64.4 Å². The number of nitrogens with zero attached hydrogens (tertiary/aromatic N) is 3. The Hall–Kier alpha value is -4.79. The zero-order valence-electron chi connectivity index (χ0n) is 40.4. The number of rotatable bonds is 19. The molecule has 6 atom stereocenters. The van der Waals surface area contributed by atoms with E-state index in [-0.39, 0.29) is 54.9 Å². The first-order chi connectivity index (χ1) is 31.7. The molecule has 0 bridgehead atoms. The van der Waals surface area contributed by atoms with Gasteiger partial charge in [-0.2, -0.15) is 0 Å². The van der Waals surface area contributed by atoms with Gasteiger partial charge < -0.3 is 39.5 Å². The minimum atomic E-state index is -2.60. The van der Waals surface area contributed by atoms with Crippen LogP contribution in [0.25, 0.3) is 0 Å². The van der Waals surface area contributed by atoms with Crippen LogP contribution in [0.2, 0.25) is 18.6 Å². The summed E-state index contributed by atoms with van der Waals surface area (Å²) in [7, 11) is -0.947. The Bertz CT molecular complexity index is 2290. The van der Waals surface area contributed by atoms with Crippen molar-refractivity contribution in [1.29, 1.82) is 0 Å². The van der Waals surface area contributed by atoms with Crippen LogP contribution >= 0.6 is 0 Å². The molecular weight excluding hydrogens is 849 g/mol. The molecule has 2 fully saturated rings. The van der Waals surface area contributed by atoms with Crippen LogP contribution in [0.3, 0.4) is 0 Å². The number of carbonyl (C=O) groups excluding carboxylic acids is 3. The Labute approximate surface area is 393 Å². The lowest BCUT2D eigenvalue weighted by Gasteiger charge is -2.37. The first kappa shape index (κ1) is 49.1. The van der Waals surface area contributed by atoms with E-state index in [2.05, 4.69) is 70.4 Å². The van der Waals surface area contributed by atoms with E-state index in [4.69, 9.17) is 14.2 Å². The van der Waals surface area contributed by atoms with Crippen LogP contribution in [0, 0.1) is 5.92 Å². The molecule has 3 aromatic rings. The van der Waals surface area contributed by atoms with Gasteiger partial charge in [-0.25, -0.2) is 0 Å². The summed E-state index contributed by atoms with van der Waals surface area (Å²) in [5.41, 5.74) is 4.55. The number of methoxy groups -OCH3 is 1. The van der Waals surface area contributed by atoms with Crippen LogP contribution in [0.1, 0.15) is 90.7 Å². The number of allylic oxidation sites excluding steroid dienone is 3. The average molecular weight is 921 g/mol. The van der Waals surface area contributed by atoms with Crippen molar-refractivity contribution in [3.63, 3.8) is 0 Å². The van der Waals surface area contributed by atoms with Crippen molar-refractivity contribution >= 4 is 48.0 Å². The van der Waals surface area contributed by atoms with E-state index < -0.39 is 25.8 Å². The first-order valence-electron chi connectivity index (χ1n) is 24.1. The molecule has 0 aliphatic carbocycles. The second kappa shape index (κ2) is 21.0. The Kier molecular flexibility index (Phi) is 15.6. The summed E-state index contributed by atoms with van der Waals surface area (Å²) in [5.74, 6) is 0.754. The standard InChI is InChI=1S/C53H72N4O8Si/c1-9-64-42-20-24-46-38(30-42)31-45(54-26-10-11-29-58)51(61)57(46)39-17-23-47-44(32-39)53(52(62)56(47)28-25-36(4)15-12-14-35(2)3)37(5)50(66(7,8)43-21-18-41(63-6)19-22-43)48(65-53)33-49(60)55-27-13-16-40(55)34-59/h14,17-25,30,32,37,40,45,48,50,54,58-59H,9-13,15-16,26-29,31,33-34H2,1-8H3/b36-25+/t37-,40+,45?,48+,50-,53+/m1/s1. The van der Waals surface area contributed by atoms with Gasteiger partial charge in [0.2, 0.25) is 11.8 Å². The molecule has 4 aliphatic heterocycles. The number of unbranched alkanes of at least 4 members (excludes halogenated alkanes) is 1. The number of hydrogen-bond acceptors (Lipinski definition) is 9. The van der Waals surface area contributed by atoms with Gasteiger partial charge in [-0.3, -0.25) is 19.3 Å². The fraction of sp³-hybridized carbons (Fsp3) is 0.528. The number of ether oxygens (including phenoxy) is 3. The highest BCUT2D eigenvalue weighted by Crippen LogP contribution is 2.61. The molecule has 0 saturated carbocycles. The second-order valence-electron chi connectivity index (χ2n) is 19.5. The molecule has 7 rings (SSSR count). The molecule has 3 amide bonds. The maximum Gasteiger partial charge on any atom is 0.264 e. The summed E-state index contributed by atoms with van der Waals surface area (Å²) in [4.78, 5) is 50.4. The van der Waals surface area contributed by atoms with Crippen molar-refractivity contribution in [3.8, 4) is 11.5 Å². The number of amides is 3. The SMILES string of the molecule is CCOc1ccc2c(c1)CC(NCCCCO)C(=O)N2c1ccc2c(c1)[C@]1(O[C@@H](CC(=O)N3CCC[C@H]3CO)[C@H]([Si](C)(C)c3ccc(OC)cc3)[C@H]1C)C(=O)N2C/C=C(\C)CCC=C(C)C. The normalized spacial score (nSPS) is 24.0. The van der Waals surface area contributed by atoms with E-state index in [9.17, 15) is 19.8 Å². The number of nitrogens with one attached hydrogen (secondary N) is 1. The largest absolute Gasteiger partial charge is 0.497 e. The van der Waals surface area contributed by atoms with Crippen molar-refractivity contribution in [2.75, 3.05) is 56.4 Å². The minimum Gasteiger partial charge on any atom is -0.497 e. The molecule has 3 N–H and O–H groups in total. The second-order valence-corrected chi connectivity index (χ2v) is 24.1. The maximum atomic E-state index is 15.8. The first-order valence-corrected chi connectivity index (χ1v) is 27.2. The van der Waals surface area contributed by atoms with Crippen molar-refractivity contribution < 1.29 is 38.8 Å². The molecule has 12 nitrogen and oxygen atoms in total. The minimum absolute atomic E-state index is 0.0731. The number of likely N-dealkylation sites (tertiary alicyclic amines) is 1. The lowest BCUT2D eigenvalue weighted by Crippen LogP contribution is -2.52. The third-order valence-electron chi connectivity index (χ3n) is 14.6. The van der Waals surface area contributed by atoms with Gasteiger partial charge in [0, 0.05) is 36.9 Å². The zero-order chi connectivity index (χ0) is 47.3. The summed E-state index contributed by atoms with van der Waals surface area (Å²) in [6, 6.07) is 19.2. The quantitative estimate of drug-likeness (QED) is 0.0628. The van der Waals surface area contributed by atoms with Gasteiger partial charge in [-0.15, -0.1) is 0 Å². The zero-order valence-corrected chi connectivity index (χ0v) is 41.4. The highest BCUT2D eigenvalue weighted by molar-refractivity contribution is 6.91. The molecule has 13 heteroatoms. The van der Waals surface area contributed by atoms with Gasteiger partial charge >= 0.3 is 0 Å². The highest BCUT2D eigenvalue weighted by atomic mass is 28.3. The fourth-order valence-electron chi connectivity index (χ4n) is 11.1. The molecule has 1 spiro atoms. The van der Waals surface area contributed by atoms with E-state index in [0.29, 0.717) is 50.3 Å². The van der Waals surface area contributed by atoms with Crippen molar-refractivity contribution in [2.24, 2.45) is 5.92 Å². The lowest BCUT2D eigenvalue weighted by molar-refractivity contribution is -0.149. The van der Waals surface area contributed by atoms with Crippen molar-refractivity contribution in [2.45, 2.75) is 128 Å². The number of aliphatic hydroxyl groups is 2. The smallest absolute Gasteiger partial charge is 0.264 e. The maximum absolute atomic E-state index is 15.8. The van der Waals surface area contributed by atoms with Gasteiger partial charge in [0.1, 0.15) is 11.5 Å². The lowest BCUT2D eigenvalue weighted by atomic mass is 9.82. The van der Waals surface area contributed by atoms with Crippen molar-refractivity contribution in [3.05, 3.63) is 95.1 Å². The third-order valence-corrected chi connectivity index (χ3v) is 19.0. The Morgan fingerprint density at radius 1 is 0.985 bits per heavy atom. The number of anilines is 3. The van der Waals surface area contributed by atoms with E-state index in [1.807, 2.05) is 60.4 Å². The molecule has 66 heavy (non-hydrogen) atoms. The van der Waals surface area contributed by atoms with Crippen LogP contribution in [-0.4, -0.2) is 106 Å². The molecule has 4 aliphatic rings. The Morgan fingerprint density at radius 3 is 2.42 bits per heavy atom. The average Bonchev–Trinajstić information content (AvgIpc) is 3.97. The summed E-state index contributed by atoms with van der Waals surface area (Å²) in [6.07, 6.45) is 9.02. The van der Waals surface area contributed by atoms with Gasteiger partial charge in [-0.1, -0.05) is 60.6 Å². The van der Waals surface area contributed by atoms with Crippen LogP contribution < -0.4 is 29.8 Å². The number of aliphatic hydroxyl groups excluding tert-OH is 2. The fourth-order valence-corrected chi connectivity index (χ4v) is 15.1. The molecule has 0 radical (unpaired) electrons. The van der Waals surface area contributed by atoms with E-state index in [0.717, 1.165) is 60.5 Å². The van der Waals surface area contributed by atoms with Crippen LogP contribution in [-0.2, 0) is 31.1 Å². The van der Waals surface area contributed by atoms with E-state index in [1.54, 1.807) is 16.9 Å². The Morgan fingerprint density at radius 2 is 1.73 bits per heavy atom. The van der Waals surface area contributed by atoms with Crippen LogP contribution in [0.4, 0.5) is 17.1 Å². The number of carbonyl (C=O) groups is 3. The van der Waals surface area contributed by atoms with Crippen molar-refractivity contribution in [1.82, 2.24) is 10.2 Å². The highest BCUT2D eigenvalue weighted by Gasteiger charge is 2.66. The summed E-state index contributed by atoms with van der Waals surface area (Å²) < 4.78 is 18.9. The molecule has 356 valence electrons. The molecule has 2 saturated heterocycles. The predicted octanol–water partition coefficient (Wildman–Crippen LogP) is 7.67. The summed E-state index contributed by atoms with van der Waals surface area (Å²) in [5, 5.41) is 24.4. The summed E-state index contributed by atoms with van der Waals surface area (Å²) >= 11 is 0. The monoisotopic (exact) mass is 921 g/mol. The Balaban J connectivity index is 1.37. The van der Waals surface area contributed by atoms with E-state index >= 15 is 4.79 Å². The summed E-state index contributed by atoms with van der Waals surface area (Å²) in [6.45, 7) is 17.0. The van der Waals surface area contributed by atoms with Crippen LogP contribution in [0.15, 0.2) is 84.0 Å². The molecule has 3 aromatic carbocycles. The number of hydrogen-bond donors (Lipinski definition) is 3.